The van der Waals surface area contributed by atoms with Crippen LogP contribution in [0.15, 0.2) is 42.5 Å². The molecule has 0 radical (unpaired) electrons. The Hall–Kier alpha value is -3.27. The Morgan fingerprint density at radius 3 is 2.47 bits per heavy atom. The lowest BCUT2D eigenvalue weighted by atomic mass is 10.1. The van der Waals surface area contributed by atoms with Crippen molar-refractivity contribution in [2.24, 2.45) is 5.92 Å². The van der Waals surface area contributed by atoms with E-state index in [1.54, 1.807) is 54.3 Å². The summed E-state index contributed by atoms with van der Waals surface area (Å²) in [4.78, 5) is 26.8. The predicted molar refractivity (Wildman–Crippen MR) is 121 cm³/mol. The number of hydrogen-bond acceptors (Lipinski definition) is 6. The van der Waals surface area contributed by atoms with Crippen LogP contribution < -0.4 is 24.4 Å². The number of nitrogens with zero attached hydrogens (tertiary/aromatic N) is 1. The number of fused-ring (bicyclic) bond motifs is 1. The lowest BCUT2D eigenvalue weighted by Crippen LogP contribution is -2.28. The number of anilines is 3. The summed E-state index contributed by atoms with van der Waals surface area (Å²) in [5.74, 6) is 0.366. The molecule has 4 rings (SSSR count). The first-order chi connectivity index (χ1) is 15.3. The normalized spacial score (nSPS) is 17.8. The van der Waals surface area contributed by atoms with E-state index in [2.05, 4.69) is 10.0 Å². The van der Waals surface area contributed by atoms with E-state index in [4.69, 9.17) is 9.47 Å². The van der Waals surface area contributed by atoms with Crippen LogP contribution >= 0.6 is 0 Å². The topological polar surface area (TPSA) is 114 Å². The summed E-state index contributed by atoms with van der Waals surface area (Å²) >= 11 is 0. The molecule has 170 valence electrons. The van der Waals surface area contributed by atoms with E-state index < -0.39 is 15.9 Å². The van der Waals surface area contributed by atoms with Gasteiger partial charge in [0.25, 0.3) is 0 Å². The maximum absolute atomic E-state index is 12.7. The van der Waals surface area contributed by atoms with Gasteiger partial charge in [0.2, 0.25) is 21.8 Å². The Bertz CT molecular complexity index is 1120. The van der Waals surface area contributed by atoms with Crippen molar-refractivity contribution in [3.63, 3.8) is 0 Å². The first-order valence-corrected chi connectivity index (χ1v) is 12.1. The van der Waals surface area contributed by atoms with Crippen LogP contribution in [-0.4, -0.2) is 45.7 Å². The van der Waals surface area contributed by atoms with E-state index in [-0.39, 0.29) is 30.5 Å². The van der Waals surface area contributed by atoms with Crippen molar-refractivity contribution < 1.29 is 27.5 Å². The third-order valence-electron chi connectivity index (χ3n) is 5.23. The molecule has 32 heavy (non-hydrogen) atoms. The van der Waals surface area contributed by atoms with E-state index in [0.29, 0.717) is 48.2 Å². The van der Waals surface area contributed by atoms with Gasteiger partial charge in [-0.3, -0.25) is 14.3 Å². The van der Waals surface area contributed by atoms with Crippen LogP contribution in [0.25, 0.3) is 0 Å². The Kier molecular flexibility index (Phi) is 6.22. The molecule has 1 fully saturated rings. The molecule has 2 heterocycles. The highest BCUT2D eigenvalue weighted by molar-refractivity contribution is 7.92. The van der Waals surface area contributed by atoms with E-state index in [1.807, 2.05) is 0 Å². The molecule has 2 aliphatic heterocycles. The predicted octanol–water partition coefficient (Wildman–Crippen LogP) is 2.60. The Balaban J connectivity index is 1.38. The second-order valence-electron chi connectivity index (χ2n) is 7.72. The number of carbonyl (C=O) groups excluding carboxylic acids is 2. The van der Waals surface area contributed by atoms with E-state index in [9.17, 15) is 18.0 Å². The number of sulfonamides is 1. The molecular weight excluding hydrogens is 434 g/mol. The number of nitrogens with one attached hydrogen (secondary N) is 2. The standard InChI is InChI=1S/C22H25N3O6S/c1-2-11-32(28,29)24-17-5-3-16(4-6-17)23-22(27)15-12-21(26)25(14-15)18-7-8-19-20(13-18)31-10-9-30-19/h3-8,13,15,24H,2,9-12,14H2,1H3,(H,23,27). The average Bonchev–Trinajstić information content (AvgIpc) is 3.16. The molecule has 10 heteroatoms. The number of rotatable bonds is 7. The molecule has 2 N–H and O–H groups in total. The number of benzene rings is 2. The van der Waals surface area contributed by atoms with Gasteiger partial charge in [-0.1, -0.05) is 6.92 Å². The van der Waals surface area contributed by atoms with Crippen molar-refractivity contribution in [1.82, 2.24) is 0 Å². The zero-order valence-electron chi connectivity index (χ0n) is 17.7. The molecule has 0 aromatic heterocycles. The van der Waals surface area contributed by atoms with Crippen molar-refractivity contribution >= 4 is 38.9 Å². The fraction of sp³-hybridized carbons (Fsp3) is 0.364. The minimum Gasteiger partial charge on any atom is -0.486 e. The van der Waals surface area contributed by atoms with Gasteiger partial charge in [0, 0.05) is 36.1 Å². The fourth-order valence-electron chi connectivity index (χ4n) is 3.70. The van der Waals surface area contributed by atoms with Gasteiger partial charge < -0.3 is 19.7 Å². The number of hydrogen-bond donors (Lipinski definition) is 2. The summed E-state index contributed by atoms with van der Waals surface area (Å²) in [7, 11) is -3.38. The third kappa shape index (κ3) is 4.96. The molecule has 1 saturated heterocycles. The van der Waals surface area contributed by atoms with Crippen molar-refractivity contribution in [2.75, 3.05) is 40.5 Å². The van der Waals surface area contributed by atoms with Crippen LogP contribution in [0.1, 0.15) is 19.8 Å². The van der Waals surface area contributed by atoms with Crippen LogP contribution in [0, 0.1) is 5.92 Å². The molecule has 1 atom stereocenters. The SMILES string of the molecule is CCCS(=O)(=O)Nc1ccc(NC(=O)C2CC(=O)N(c3ccc4c(c3)OCCO4)C2)cc1. The molecule has 2 aliphatic rings. The van der Waals surface area contributed by atoms with E-state index in [0.717, 1.165) is 0 Å². The summed E-state index contributed by atoms with van der Waals surface area (Å²) < 4.78 is 37.3. The summed E-state index contributed by atoms with van der Waals surface area (Å²) in [6, 6.07) is 11.7. The van der Waals surface area contributed by atoms with Gasteiger partial charge in [0.15, 0.2) is 11.5 Å². The molecule has 0 aliphatic carbocycles. The van der Waals surface area contributed by atoms with Crippen LogP contribution in [0.4, 0.5) is 17.1 Å². The van der Waals surface area contributed by atoms with Crippen LogP contribution in [0.5, 0.6) is 11.5 Å². The van der Waals surface area contributed by atoms with Crippen molar-refractivity contribution in [3.05, 3.63) is 42.5 Å². The summed E-state index contributed by atoms with van der Waals surface area (Å²) in [5, 5.41) is 2.80. The Morgan fingerprint density at radius 1 is 1.06 bits per heavy atom. The molecule has 0 spiro atoms. The summed E-state index contributed by atoms with van der Waals surface area (Å²) in [6.45, 7) is 3.00. The zero-order valence-corrected chi connectivity index (χ0v) is 18.5. The Labute approximate surface area is 186 Å². The highest BCUT2D eigenvalue weighted by Gasteiger charge is 2.35. The minimum absolute atomic E-state index is 0.0427. The maximum Gasteiger partial charge on any atom is 0.232 e. The molecule has 9 nitrogen and oxygen atoms in total. The van der Waals surface area contributed by atoms with Gasteiger partial charge in [-0.15, -0.1) is 0 Å². The minimum atomic E-state index is -3.38. The quantitative estimate of drug-likeness (QED) is 0.658. The second-order valence-corrected chi connectivity index (χ2v) is 9.56. The van der Waals surface area contributed by atoms with E-state index in [1.165, 1.54) is 0 Å². The number of amides is 2. The van der Waals surface area contributed by atoms with Crippen molar-refractivity contribution in [3.8, 4) is 11.5 Å². The first kappa shape index (κ1) is 21.9. The maximum atomic E-state index is 12.7. The molecule has 1 unspecified atom stereocenters. The van der Waals surface area contributed by atoms with Gasteiger partial charge in [-0.25, -0.2) is 8.42 Å². The lowest BCUT2D eigenvalue weighted by molar-refractivity contribution is -0.122. The van der Waals surface area contributed by atoms with Crippen molar-refractivity contribution in [1.29, 1.82) is 0 Å². The van der Waals surface area contributed by atoms with Crippen LogP contribution in [-0.2, 0) is 19.6 Å². The summed E-state index contributed by atoms with van der Waals surface area (Å²) in [6.07, 6.45) is 0.627. The van der Waals surface area contributed by atoms with Gasteiger partial charge in [-0.2, -0.15) is 0 Å². The average molecular weight is 460 g/mol. The summed E-state index contributed by atoms with van der Waals surface area (Å²) in [5.41, 5.74) is 1.62. The van der Waals surface area contributed by atoms with Crippen LogP contribution in [0.3, 0.4) is 0 Å². The smallest absolute Gasteiger partial charge is 0.232 e. The van der Waals surface area contributed by atoms with Crippen molar-refractivity contribution in [2.45, 2.75) is 19.8 Å². The fourth-order valence-corrected chi connectivity index (χ4v) is 4.83. The van der Waals surface area contributed by atoms with Gasteiger partial charge in [-0.05, 0) is 42.8 Å². The molecule has 2 amide bonds. The molecule has 2 aromatic rings. The Morgan fingerprint density at radius 2 is 1.75 bits per heavy atom. The number of ether oxygens (including phenoxy) is 2. The highest BCUT2D eigenvalue weighted by Crippen LogP contribution is 2.36. The zero-order chi connectivity index (χ0) is 22.7. The van der Waals surface area contributed by atoms with Crippen LogP contribution in [0.2, 0.25) is 0 Å². The molecule has 0 saturated carbocycles. The monoisotopic (exact) mass is 459 g/mol. The molecule has 2 aromatic carbocycles. The second kappa shape index (κ2) is 9.07. The van der Waals surface area contributed by atoms with E-state index >= 15 is 0 Å². The lowest BCUT2D eigenvalue weighted by Gasteiger charge is -2.22. The van der Waals surface area contributed by atoms with Gasteiger partial charge in [0.1, 0.15) is 13.2 Å². The van der Waals surface area contributed by atoms with Gasteiger partial charge >= 0.3 is 0 Å². The largest absolute Gasteiger partial charge is 0.486 e. The number of carbonyl (C=O) groups is 2. The molecule has 0 bridgehead atoms. The third-order valence-corrected chi connectivity index (χ3v) is 6.72. The highest BCUT2D eigenvalue weighted by atomic mass is 32.2. The van der Waals surface area contributed by atoms with Gasteiger partial charge in [0.05, 0.1) is 11.7 Å². The first-order valence-electron chi connectivity index (χ1n) is 10.5. The molecular formula is C22H25N3O6S.